The van der Waals surface area contributed by atoms with Crippen LogP contribution in [0.1, 0.15) is 23.1 Å². The molecule has 2 bridgehead atoms. The number of rotatable bonds is 4. The molecule has 4 heterocycles. The van der Waals surface area contributed by atoms with Gasteiger partial charge in [0.25, 0.3) is 0 Å². The first-order valence-corrected chi connectivity index (χ1v) is 7.74. The highest BCUT2D eigenvalue weighted by molar-refractivity contribution is 5.20. The van der Waals surface area contributed by atoms with E-state index in [1.54, 1.807) is 10.9 Å². The summed E-state index contributed by atoms with van der Waals surface area (Å²) in [5.74, 6) is 0.783. The standard InChI is InChI=1S/C15H20N4O4/c1-8-10(9(2)23-18-8)6-16-12-11-7-21-15(22-11)13(14(12)20)19-5-3-4-17-19/h3-5,11-16,20H,6-7H2,1-2H3/t11-,12-,13-,14+,15-/m1/s1. The highest BCUT2D eigenvalue weighted by Gasteiger charge is 2.51. The Morgan fingerprint density at radius 3 is 3.00 bits per heavy atom. The fraction of sp³-hybridized carbons (Fsp3) is 0.600. The molecule has 4 rings (SSSR count). The molecule has 0 aliphatic carbocycles. The zero-order valence-corrected chi connectivity index (χ0v) is 13.0. The predicted octanol–water partition coefficient (Wildman–Crippen LogP) is 0.303. The van der Waals surface area contributed by atoms with Gasteiger partial charge in [-0.2, -0.15) is 5.10 Å². The molecule has 2 aromatic rings. The zero-order chi connectivity index (χ0) is 16.0. The van der Waals surface area contributed by atoms with E-state index in [1.165, 1.54) is 0 Å². The molecule has 2 aliphatic heterocycles. The van der Waals surface area contributed by atoms with Gasteiger partial charge in [-0.3, -0.25) is 4.68 Å². The van der Waals surface area contributed by atoms with E-state index in [9.17, 15) is 5.11 Å². The summed E-state index contributed by atoms with van der Waals surface area (Å²) in [5, 5.41) is 22.4. The van der Waals surface area contributed by atoms with Crippen molar-refractivity contribution in [3.05, 3.63) is 35.5 Å². The van der Waals surface area contributed by atoms with Crippen LogP contribution in [-0.4, -0.2) is 51.2 Å². The Morgan fingerprint density at radius 2 is 2.30 bits per heavy atom. The third kappa shape index (κ3) is 2.47. The molecule has 0 amide bonds. The van der Waals surface area contributed by atoms with Crippen LogP contribution >= 0.6 is 0 Å². The Labute approximate surface area is 133 Å². The van der Waals surface area contributed by atoms with Gasteiger partial charge in [0.15, 0.2) is 6.29 Å². The van der Waals surface area contributed by atoms with Crippen LogP contribution in [-0.2, 0) is 16.0 Å². The van der Waals surface area contributed by atoms with Crippen molar-refractivity contribution in [2.45, 2.75) is 51.0 Å². The van der Waals surface area contributed by atoms with Crippen LogP contribution in [0.15, 0.2) is 23.0 Å². The molecule has 0 aromatic carbocycles. The molecule has 0 unspecified atom stereocenters. The molecule has 23 heavy (non-hydrogen) atoms. The van der Waals surface area contributed by atoms with Crippen molar-refractivity contribution >= 4 is 0 Å². The fourth-order valence-corrected chi connectivity index (χ4v) is 3.37. The number of fused-ring (bicyclic) bond motifs is 2. The Hall–Kier alpha value is -1.74. The van der Waals surface area contributed by atoms with E-state index in [2.05, 4.69) is 15.6 Å². The fourth-order valence-electron chi connectivity index (χ4n) is 3.37. The number of ether oxygens (including phenoxy) is 2. The second-order valence-corrected chi connectivity index (χ2v) is 6.05. The van der Waals surface area contributed by atoms with Crippen molar-refractivity contribution in [1.82, 2.24) is 20.3 Å². The van der Waals surface area contributed by atoms with Crippen molar-refractivity contribution in [3.63, 3.8) is 0 Å². The van der Waals surface area contributed by atoms with E-state index in [4.69, 9.17) is 14.0 Å². The van der Waals surface area contributed by atoms with Crippen LogP contribution in [0.2, 0.25) is 0 Å². The first-order chi connectivity index (χ1) is 11.1. The van der Waals surface area contributed by atoms with Gasteiger partial charge in [-0.15, -0.1) is 0 Å². The lowest BCUT2D eigenvalue weighted by atomic mass is 9.96. The van der Waals surface area contributed by atoms with Crippen LogP contribution in [0.3, 0.4) is 0 Å². The minimum Gasteiger partial charge on any atom is -0.389 e. The summed E-state index contributed by atoms with van der Waals surface area (Å²) in [6.07, 6.45) is 2.18. The van der Waals surface area contributed by atoms with Crippen molar-refractivity contribution in [2.24, 2.45) is 0 Å². The van der Waals surface area contributed by atoms with Crippen molar-refractivity contribution in [1.29, 1.82) is 0 Å². The molecule has 2 N–H and O–H groups in total. The summed E-state index contributed by atoms with van der Waals surface area (Å²) < 4.78 is 18.5. The third-order valence-electron chi connectivity index (χ3n) is 4.66. The molecule has 2 fully saturated rings. The second kappa shape index (κ2) is 5.72. The normalized spacial score (nSPS) is 33.3. The number of aliphatic hydroxyl groups excluding tert-OH is 1. The average Bonchev–Trinajstić information content (AvgIpc) is 3.25. The number of aryl methyl sites for hydroxylation is 2. The maximum Gasteiger partial charge on any atom is 0.183 e. The molecule has 0 saturated carbocycles. The highest BCUT2D eigenvalue weighted by atomic mass is 16.7. The lowest BCUT2D eigenvalue weighted by Crippen LogP contribution is -2.57. The van der Waals surface area contributed by atoms with Crippen LogP contribution in [0, 0.1) is 13.8 Å². The first-order valence-electron chi connectivity index (χ1n) is 7.74. The third-order valence-corrected chi connectivity index (χ3v) is 4.66. The number of nitrogens with one attached hydrogen (secondary N) is 1. The van der Waals surface area contributed by atoms with Crippen LogP contribution in [0.25, 0.3) is 0 Å². The minimum absolute atomic E-state index is 0.178. The van der Waals surface area contributed by atoms with Gasteiger partial charge in [0.05, 0.1) is 24.4 Å². The lowest BCUT2D eigenvalue weighted by Gasteiger charge is -2.38. The number of hydrogen-bond donors (Lipinski definition) is 2. The first kappa shape index (κ1) is 14.8. The van der Waals surface area contributed by atoms with Gasteiger partial charge in [-0.05, 0) is 19.9 Å². The topological polar surface area (TPSA) is 94.6 Å². The van der Waals surface area contributed by atoms with E-state index in [1.807, 2.05) is 26.1 Å². The molecule has 0 radical (unpaired) electrons. The zero-order valence-electron chi connectivity index (χ0n) is 13.0. The largest absolute Gasteiger partial charge is 0.389 e. The molecule has 2 saturated heterocycles. The minimum atomic E-state index is -0.665. The molecule has 5 atom stereocenters. The molecule has 2 aliphatic rings. The van der Waals surface area contributed by atoms with E-state index >= 15 is 0 Å². The van der Waals surface area contributed by atoms with E-state index in [0.717, 1.165) is 17.0 Å². The van der Waals surface area contributed by atoms with E-state index < -0.39 is 12.4 Å². The van der Waals surface area contributed by atoms with Crippen LogP contribution < -0.4 is 5.32 Å². The second-order valence-electron chi connectivity index (χ2n) is 6.05. The van der Waals surface area contributed by atoms with Gasteiger partial charge >= 0.3 is 0 Å². The monoisotopic (exact) mass is 320 g/mol. The Kier molecular flexibility index (Phi) is 3.68. The Balaban J connectivity index is 1.53. The van der Waals surface area contributed by atoms with Gasteiger partial charge in [0.2, 0.25) is 0 Å². The van der Waals surface area contributed by atoms with E-state index in [-0.39, 0.29) is 18.2 Å². The maximum absolute atomic E-state index is 10.8. The Bertz CT molecular complexity index is 652. The number of nitrogens with zero attached hydrogens (tertiary/aromatic N) is 3. The summed E-state index contributed by atoms with van der Waals surface area (Å²) in [4.78, 5) is 0. The van der Waals surface area contributed by atoms with Crippen molar-refractivity contribution in [3.8, 4) is 0 Å². The van der Waals surface area contributed by atoms with Crippen molar-refractivity contribution < 1.29 is 19.1 Å². The molecule has 8 heteroatoms. The predicted molar refractivity (Wildman–Crippen MR) is 78.5 cm³/mol. The highest BCUT2D eigenvalue weighted by Crippen LogP contribution is 2.35. The summed E-state index contributed by atoms with van der Waals surface area (Å²) in [6.45, 7) is 4.80. The molecular formula is C15H20N4O4. The van der Waals surface area contributed by atoms with Crippen LogP contribution in [0.4, 0.5) is 0 Å². The SMILES string of the molecule is Cc1noc(C)c1CN[C@H]1[C@H](O)[C@@H](n2cccn2)[C@@H]2OC[C@H]1O2. The summed E-state index contributed by atoms with van der Waals surface area (Å²) in [5.41, 5.74) is 1.86. The van der Waals surface area contributed by atoms with Crippen molar-refractivity contribution in [2.75, 3.05) is 6.61 Å². The van der Waals surface area contributed by atoms with Gasteiger partial charge in [-0.25, -0.2) is 0 Å². The van der Waals surface area contributed by atoms with E-state index in [0.29, 0.717) is 13.2 Å². The number of aromatic nitrogens is 3. The summed E-state index contributed by atoms with van der Waals surface area (Å²) in [7, 11) is 0. The summed E-state index contributed by atoms with van der Waals surface area (Å²) >= 11 is 0. The molecule has 8 nitrogen and oxygen atoms in total. The molecule has 124 valence electrons. The van der Waals surface area contributed by atoms with Gasteiger partial charge in [0, 0.05) is 24.5 Å². The molecular weight excluding hydrogens is 300 g/mol. The number of aliphatic hydroxyl groups is 1. The quantitative estimate of drug-likeness (QED) is 0.837. The lowest BCUT2D eigenvalue weighted by molar-refractivity contribution is -0.168. The van der Waals surface area contributed by atoms with Gasteiger partial charge in [-0.1, -0.05) is 5.16 Å². The molecule has 0 spiro atoms. The van der Waals surface area contributed by atoms with Gasteiger partial charge < -0.3 is 24.4 Å². The van der Waals surface area contributed by atoms with Crippen LogP contribution in [0.5, 0.6) is 0 Å². The molecule has 2 aromatic heterocycles. The number of hydrogen-bond acceptors (Lipinski definition) is 7. The average molecular weight is 320 g/mol. The maximum atomic E-state index is 10.8. The summed E-state index contributed by atoms with van der Waals surface area (Å²) in [6, 6.07) is 1.20. The smallest absolute Gasteiger partial charge is 0.183 e. The Morgan fingerprint density at radius 1 is 1.43 bits per heavy atom. The van der Waals surface area contributed by atoms with Gasteiger partial charge in [0.1, 0.15) is 17.9 Å².